The molecule has 0 aliphatic heterocycles. The number of rotatable bonds is 6. The van der Waals surface area contributed by atoms with E-state index in [0.29, 0.717) is 18.6 Å². The minimum absolute atomic E-state index is 0. The van der Waals surface area contributed by atoms with Crippen molar-refractivity contribution in [1.82, 2.24) is 0 Å². The maximum Gasteiger partial charge on any atom is 0.224 e. The van der Waals surface area contributed by atoms with Gasteiger partial charge in [0.25, 0.3) is 0 Å². The summed E-state index contributed by atoms with van der Waals surface area (Å²) >= 11 is 0. The minimum atomic E-state index is -0.948. The summed E-state index contributed by atoms with van der Waals surface area (Å²) in [6.07, 6.45) is 1.08. The van der Waals surface area contributed by atoms with Gasteiger partial charge in [-0.05, 0) is 51.8 Å². The van der Waals surface area contributed by atoms with E-state index in [1.165, 1.54) is 0 Å². The van der Waals surface area contributed by atoms with Crippen LogP contribution < -0.4 is 11.1 Å². The van der Waals surface area contributed by atoms with Crippen LogP contribution in [0, 0.1) is 0 Å². The Morgan fingerprint density at radius 3 is 2.55 bits per heavy atom. The Hall–Kier alpha value is -0.910. The monoisotopic (exact) mass is 346 g/mol. The van der Waals surface area contributed by atoms with Crippen molar-refractivity contribution < 1.29 is 9.00 Å². The molecule has 1 aromatic rings. The number of nitrogens with two attached hydrogens (primary N) is 1. The second-order valence-electron chi connectivity index (χ2n) is 6.37. The lowest BCUT2D eigenvalue weighted by molar-refractivity contribution is -0.116. The van der Waals surface area contributed by atoms with Gasteiger partial charge in [0.15, 0.2) is 0 Å². The molecule has 0 aliphatic rings. The Balaban J connectivity index is 0.00000441. The number of nitrogens with one attached hydrogen (secondary N) is 1. The number of anilines is 1. The second-order valence-corrected chi connectivity index (χ2v) is 8.57. The molecule has 22 heavy (non-hydrogen) atoms. The first kappa shape index (κ1) is 21.1. The molecule has 0 saturated carbocycles. The van der Waals surface area contributed by atoms with Gasteiger partial charge in [-0.3, -0.25) is 9.00 Å². The molecule has 0 aromatic heterocycles. The Labute approximate surface area is 142 Å². The van der Waals surface area contributed by atoms with Crippen LogP contribution >= 0.6 is 12.4 Å². The zero-order valence-electron chi connectivity index (χ0n) is 13.7. The molecule has 4 nitrogen and oxygen atoms in total. The molecular formula is C16H27ClN2O2S. The molecule has 1 amide bonds. The van der Waals surface area contributed by atoms with Crippen molar-refractivity contribution in [2.75, 3.05) is 5.32 Å². The van der Waals surface area contributed by atoms with Crippen LogP contribution in [0.4, 0.5) is 5.69 Å². The van der Waals surface area contributed by atoms with E-state index < -0.39 is 10.8 Å². The van der Waals surface area contributed by atoms with Gasteiger partial charge in [-0.15, -0.1) is 12.4 Å². The normalized spacial score (nSPS) is 13.9. The number of amides is 1. The summed E-state index contributed by atoms with van der Waals surface area (Å²) < 4.78 is 11.9. The maximum absolute atomic E-state index is 12.2. The topological polar surface area (TPSA) is 72.2 Å². The van der Waals surface area contributed by atoms with Crippen molar-refractivity contribution in [2.45, 2.75) is 57.1 Å². The van der Waals surface area contributed by atoms with Crippen molar-refractivity contribution in [3.63, 3.8) is 0 Å². The quantitative estimate of drug-likeness (QED) is 0.830. The van der Waals surface area contributed by atoms with Crippen LogP contribution in [0.5, 0.6) is 0 Å². The summed E-state index contributed by atoms with van der Waals surface area (Å²) in [6.45, 7) is 7.77. The highest BCUT2D eigenvalue weighted by Gasteiger charge is 2.19. The van der Waals surface area contributed by atoms with Crippen LogP contribution in [0.3, 0.4) is 0 Å². The van der Waals surface area contributed by atoms with E-state index in [-0.39, 0.29) is 29.1 Å². The van der Waals surface area contributed by atoms with E-state index in [4.69, 9.17) is 5.73 Å². The highest BCUT2D eigenvalue weighted by Crippen LogP contribution is 2.18. The molecule has 126 valence electrons. The summed E-state index contributed by atoms with van der Waals surface area (Å²) in [6, 6.07) is 7.55. The Kier molecular flexibility index (Phi) is 8.89. The fourth-order valence-corrected chi connectivity index (χ4v) is 2.60. The van der Waals surface area contributed by atoms with E-state index in [0.717, 1.165) is 11.3 Å². The molecule has 2 atom stereocenters. The van der Waals surface area contributed by atoms with E-state index in [1.807, 2.05) is 52.0 Å². The Morgan fingerprint density at radius 1 is 1.36 bits per heavy atom. The molecule has 0 radical (unpaired) electrons. The third kappa shape index (κ3) is 7.92. The second kappa shape index (κ2) is 9.28. The lowest BCUT2D eigenvalue weighted by Gasteiger charge is -2.18. The molecule has 2 unspecified atom stereocenters. The number of carbonyl (C=O) groups is 1. The molecule has 0 bridgehead atoms. The molecule has 0 aliphatic carbocycles. The molecule has 0 fully saturated rings. The van der Waals surface area contributed by atoms with Crippen molar-refractivity contribution >= 4 is 34.8 Å². The first-order chi connectivity index (χ1) is 9.68. The van der Waals surface area contributed by atoms with Crippen LogP contribution in [0.2, 0.25) is 0 Å². The lowest BCUT2D eigenvalue weighted by Crippen LogP contribution is -2.23. The van der Waals surface area contributed by atoms with Gasteiger partial charge in [0.1, 0.15) is 0 Å². The standard InChI is InChI=1S/C16H26N2O2S.ClH/c1-12(17)8-9-15(19)18-14-7-5-6-13(10-14)11-21(20)16(2,3)4;/h5-7,10,12H,8-9,11,17H2,1-4H3,(H,18,19);1H. The summed E-state index contributed by atoms with van der Waals surface area (Å²) in [5, 5.41) is 2.86. The van der Waals surface area contributed by atoms with Gasteiger partial charge in [0, 0.05) is 39.4 Å². The van der Waals surface area contributed by atoms with Crippen molar-refractivity contribution in [3.05, 3.63) is 29.8 Å². The van der Waals surface area contributed by atoms with Crippen molar-refractivity contribution in [2.24, 2.45) is 5.73 Å². The van der Waals surface area contributed by atoms with Gasteiger partial charge in [0.2, 0.25) is 5.91 Å². The molecular weight excluding hydrogens is 320 g/mol. The molecule has 0 spiro atoms. The van der Waals surface area contributed by atoms with Crippen molar-refractivity contribution in [3.8, 4) is 0 Å². The van der Waals surface area contributed by atoms with Gasteiger partial charge in [-0.2, -0.15) is 0 Å². The predicted molar refractivity (Wildman–Crippen MR) is 96.8 cm³/mol. The first-order valence-electron chi connectivity index (χ1n) is 7.21. The Bertz CT molecular complexity index is 513. The highest BCUT2D eigenvalue weighted by atomic mass is 35.5. The van der Waals surface area contributed by atoms with Gasteiger partial charge in [-0.25, -0.2) is 0 Å². The summed E-state index contributed by atoms with van der Waals surface area (Å²) in [4.78, 5) is 11.8. The zero-order valence-corrected chi connectivity index (χ0v) is 15.4. The van der Waals surface area contributed by atoms with Crippen LogP contribution in [0.25, 0.3) is 0 Å². The average Bonchev–Trinajstić information content (AvgIpc) is 2.35. The minimum Gasteiger partial charge on any atom is -0.328 e. The third-order valence-electron chi connectivity index (χ3n) is 3.02. The van der Waals surface area contributed by atoms with Gasteiger partial charge in [0.05, 0.1) is 0 Å². The van der Waals surface area contributed by atoms with E-state index in [9.17, 15) is 9.00 Å². The van der Waals surface area contributed by atoms with Crippen LogP contribution in [-0.4, -0.2) is 20.9 Å². The number of benzene rings is 1. The molecule has 0 heterocycles. The Morgan fingerprint density at radius 2 is 2.00 bits per heavy atom. The van der Waals surface area contributed by atoms with E-state index in [1.54, 1.807) is 0 Å². The van der Waals surface area contributed by atoms with Crippen molar-refractivity contribution in [1.29, 1.82) is 0 Å². The SMILES string of the molecule is CC(N)CCC(=O)Nc1cccc(CS(=O)C(C)(C)C)c1.Cl. The van der Waals surface area contributed by atoms with Crippen LogP contribution in [-0.2, 0) is 21.3 Å². The molecule has 3 N–H and O–H groups in total. The lowest BCUT2D eigenvalue weighted by atomic mass is 10.2. The molecule has 0 saturated heterocycles. The highest BCUT2D eigenvalue weighted by molar-refractivity contribution is 7.85. The number of hydrogen-bond acceptors (Lipinski definition) is 3. The van der Waals surface area contributed by atoms with Gasteiger partial charge < -0.3 is 11.1 Å². The first-order valence-corrected chi connectivity index (χ1v) is 8.53. The number of halogens is 1. The molecule has 1 rings (SSSR count). The summed E-state index contributed by atoms with van der Waals surface area (Å²) in [5.41, 5.74) is 7.35. The van der Waals surface area contributed by atoms with E-state index >= 15 is 0 Å². The van der Waals surface area contributed by atoms with Gasteiger partial charge in [-0.1, -0.05) is 12.1 Å². The summed E-state index contributed by atoms with van der Waals surface area (Å²) in [5.74, 6) is 0.453. The summed E-state index contributed by atoms with van der Waals surface area (Å²) in [7, 11) is -0.948. The van der Waals surface area contributed by atoms with E-state index in [2.05, 4.69) is 5.32 Å². The molecule has 1 aromatic carbocycles. The largest absolute Gasteiger partial charge is 0.328 e. The maximum atomic E-state index is 12.2. The fraction of sp³-hybridized carbons (Fsp3) is 0.562. The zero-order chi connectivity index (χ0) is 16.0. The predicted octanol–water partition coefficient (Wildman–Crippen LogP) is 3.22. The smallest absolute Gasteiger partial charge is 0.224 e. The molecule has 6 heteroatoms. The third-order valence-corrected chi connectivity index (χ3v) is 4.98. The van der Waals surface area contributed by atoms with Crippen LogP contribution in [0.15, 0.2) is 24.3 Å². The number of hydrogen-bond donors (Lipinski definition) is 2. The average molecular weight is 347 g/mol. The number of carbonyl (C=O) groups excluding carboxylic acids is 1. The fourth-order valence-electron chi connectivity index (χ4n) is 1.69. The van der Waals surface area contributed by atoms with Crippen LogP contribution in [0.1, 0.15) is 46.1 Å². The van der Waals surface area contributed by atoms with Gasteiger partial charge >= 0.3 is 0 Å².